The molecule has 1 heterocycles. The SMILES string of the molecule is O=C(Nc1ccc(Cl)cc1Cl)c1ccc(-n2ccc(-c3ccc(Cl)cc3)n2)cc1. The Labute approximate surface area is 182 Å². The van der Waals surface area contributed by atoms with Gasteiger partial charge in [0.25, 0.3) is 5.91 Å². The average Bonchev–Trinajstić information content (AvgIpc) is 3.21. The molecule has 1 amide bonds. The molecule has 29 heavy (non-hydrogen) atoms. The van der Waals surface area contributed by atoms with Crippen LogP contribution in [0.25, 0.3) is 16.9 Å². The molecule has 4 nitrogen and oxygen atoms in total. The number of aromatic nitrogens is 2. The molecule has 1 aromatic heterocycles. The number of carbonyl (C=O) groups excluding carboxylic acids is 1. The van der Waals surface area contributed by atoms with Crippen LogP contribution in [0.2, 0.25) is 15.1 Å². The standard InChI is InChI=1S/C22H14Cl3N3O/c23-16-5-1-14(2-6-16)20-11-12-28(27-20)18-8-3-15(4-9-18)22(29)26-21-10-7-17(24)13-19(21)25/h1-13H,(H,26,29). The highest BCUT2D eigenvalue weighted by molar-refractivity contribution is 6.36. The van der Waals surface area contributed by atoms with E-state index in [1.165, 1.54) is 0 Å². The summed E-state index contributed by atoms with van der Waals surface area (Å²) in [6.45, 7) is 0. The second-order valence-electron chi connectivity index (χ2n) is 6.28. The summed E-state index contributed by atoms with van der Waals surface area (Å²) in [6, 6.07) is 21.5. The fourth-order valence-electron chi connectivity index (χ4n) is 2.79. The summed E-state index contributed by atoms with van der Waals surface area (Å²) in [5, 5.41) is 8.94. The Balaban J connectivity index is 1.50. The molecule has 3 aromatic carbocycles. The smallest absolute Gasteiger partial charge is 0.255 e. The molecule has 0 unspecified atom stereocenters. The molecule has 4 rings (SSSR count). The number of carbonyl (C=O) groups is 1. The summed E-state index contributed by atoms with van der Waals surface area (Å²) in [4.78, 5) is 12.5. The second-order valence-corrected chi connectivity index (χ2v) is 7.56. The molecular formula is C22H14Cl3N3O. The fraction of sp³-hybridized carbons (Fsp3) is 0. The van der Waals surface area contributed by atoms with Gasteiger partial charge in [0, 0.05) is 27.4 Å². The highest BCUT2D eigenvalue weighted by atomic mass is 35.5. The highest BCUT2D eigenvalue weighted by Crippen LogP contribution is 2.26. The van der Waals surface area contributed by atoms with Crippen LogP contribution in [0.3, 0.4) is 0 Å². The molecule has 1 N–H and O–H groups in total. The minimum absolute atomic E-state index is 0.261. The van der Waals surface area contributed by atoms with E-state index in [1.807, 2.05) is 48.7 Å². The van der Waals surface area contributed by atoms with Gasteiger partial charge in [0.2, 0.25) is 0 Å². The summed E-state index contributed by atoms with van der Waals surface area (Å²) < 4.78 is 1.75. The van der Waals surface area contributed by atoms with Crippen molar-refractivity contribution in [2.75, 3.05) is 5.32 Å². The van der Waals surface area contributed by atoms with Gasteiger partial charge in [-0.15, -0.1) is 0 Å². The molecule has 144 valence electrons. The Morgan fingerprint density at radius 1 is 0.828 bits per heavy atom. The zero-order valence-corrected chi connectivity index (χ0v) is 17.2. The summed E-state index contributed by atoms with van der Waals surface area (Å²) in [5.74, 6) is -0.261. The number of rotatable bonds is 4. The zero-order chi connectivity index (χ0) is 20.4. The molecule has 7 heteroatoms. The summed E-state index contributed by atoms with van der Waals surface area (Å²) in [5.41, 5.74) is 3.66. The quantitative estimate of drug-likeness (QED) is 0.380. The minimum Gasteiger partial charge on any atom is -0.321 e. The average molecular weight is 443 g/mol. The number of hydrogen-bond acceptors (Lipinski definition) is 2. The van der Waals surface area contributed by atoms with Crippen molar-refractivity contribution in [3.8, 4) is 16.9 Å². The normalized spacial score (nSPS) is 10.7. The maximum absolute atomic E-state index is 12.5. The Hall–Kier alpha value is -2.79. The Bertz CT molecular complexity index is 1170. The summed E-state index contributed by atoms with van der Waals surface area (Å²) in [6.07, 6.45) is 1.87. The first-order valence-electron chi connectivity index (χ1n) is 8.68. The first kappa shape index (κ1) is 19.5. The van der Waals surface area contributed by atoms with Gasteiger partial charge < -0.3 is 5.32 Å². The van der Waals surface area contributed by atoms with Gasteiger partial charge in [0.05, 0.1) is 22.1 Å². The molecule has 0 bridgehead atoms. The number of halogens is 3. The van der Waals surface area contributed by atoms with Crippen molar-refractivity contribution in [2.45, 2.75) is 0 Å². The molecule has 4 aromatic rings. The maximum Gasteiger partial charge on any atom is 0.255 e. The minimum atomic E-state index is -0.261. The van der Waals surface area contributed by atoms with E-state index < -0.39 is 0 Å². The van der Waals surface area contributed by atoms with E-state index in [0.717, 1.165) is 16.9 Å². The number of hydrogen-bond donors (Lipinski definition) is 1. The maximum atomic E-state index is 12.5. The zero-order valence-electron chi connectivity index (χ0n) is 14.9. The van der Waals surface area contributed by atoms with E-state index in [2.05, 4.69) is 10.4 Å². The molecule has 0 fully saturated rings. The van der Waals surface area contributed by atoms with Gasteiger partial charge in [-0.3, -0.25) is 4.79 Å². The summed E-state index contributed by atoms with van der Waals surface area (Å²) >= 11 is 17.9. The van der Waals surface area contributed by atoms with Crippen molar-refractivity contribution in [3.63, 3.8) is 0 Å². The third kappa shape index (κ3) is 4.46. The van der Waals surface area contributed by atoms with Gasteiger partial charge in [0.15, 0.2) is 0 Å². The lowest BCUT2D eigenvalue weighted by Gasteiger charge is -2.08. The molecular weight excluding hydrogens is 429 g/mol. The monoisotopic (exact) mass is 441 g/mol. The van der Waals surface area contributed by atoms with Crippen molar-refractivity contribution in [1.82, 2.24) is 9.78 Å². The lowest BCUT2D eigenvalue weighted by molar-refractivity contribution is 0.102. The van der Waals surface area contributed by atoms with Gasteiger partial charge in [-0.2, -0.15) is 5.10 Å². The van der Waals surface area contributed by atoms with E-state index in [9.17, 15) is 4.79 Å². The van der Waals surface area contributed by atoms with E-state index >= 15 is 0 Å². The Kier molecular flexibility index (Phi) is 5.58. The highest BCUT2D eigenvalue weighted by Gasteiger charge is 2.10. The molecule has 0 aliphatic carbocycles. The fourth-order valence-corrected chi connectivity index (χ4v) is 3.37. The number of nitrogens with zero attached hydrogens (tertiary/aromatic N) is 2. The third-order valence-corrected chi connectivity index (χ3v) is 5.10. The van der Waals surface area contributed by atoms with Crippen LogP contribution in [0, 0.1) is 0 Å². The Morgan fingerprint density at radius 3 is 2.21 bits per heavy atom. The molecule has 0 atom stereocenters. The van der Waals surface area contributed by atoms with Crippen LogP contribution in [0.4, 0.5) is 5.69 Å². The van der Waals surface area contributed by atoms with Crippen LogP contribution < -0.4 is 5.32 Å². The Morgan fingerprint density at radius 2 is 1.52 bits per heavy atom. The van der Waals surface area contributed by atoms with Crippen LogP contribution in [0.5, 0.6) is 0 Å². The van der Waals surface area contributed by atoms with E-state index in [0.29, 0.717) is 26.3 Å². The van der Waals surface area contributed by atoms with Gasteiger partial charge in [0.1, 0.15) is 0 Å². The van der Waals surface area contributed by atoms with E-state index in [-0.39, 0.29) is 5.91 Å². The largest absolute Gasteiger partial charge is 0.321 e. The lowest BCUT2D eigenvalue weighted by atomic mass is 10.2. The van der Waals surface area contributed by atoms with Gasteiger partial charge in [-0.05, 0) is 60.7 Å². The van der Waals surface area contributed by atoms with Gasteiger partial charge in [-0.1, -0.05) is 46.9 Å². The number of benzene rings is 3. The lowest BCUT2D eigenvalue weighted by Crippen LogP contribution is -2.12. The first-order valence-corrected chi connectivity index (χ1v) is 9.81. The molecule has 0 saturated heterocycles. The predicted octanol–water partition coefficient (Wildman–Crippen LogP) is 6.75. The van der Waals surface area contributed by atoms with Crippen molar-refractivity contribution in [3.05, 3.63) is 99.6 Å². The van der Waals surface area contributed by atoms with Crippen LogP contribution in [0.1, 0.15) is 10.4 Å². The van der Waals surface area contributed by atoms with E-state index in [1.54, 1.807) is 35.0 Å². The number of amides is 1. The van der Waals surface area contributed by atoms with Crippen LogP contribution in [-0.2, 0) is 0 Å². The van der Waals surface area contributed by atoms with Crippen LogP contribution >= 0.6 is 34.8 Å². The molecule has 0 radical (unpaired) electrons. The van der Waals surface area contributed by atoms with Gasteiger partial charge in [-0.25, -0.2) is 4.68 Å². The second kappa shape index (κ2) is 8.29. The molecule has 0 spiro atoms. The molecule has 0 saturated carbocycles. The van der Waals surface area contributed by atoms with Crippen molar-refractivity contribution >= 4 is 46.4 Å². The first-order chi connectivity index (χ1) is 14.0. The molecule has 0 aliphatic rings. The summed E-state index contributed by atoms with van der Waals surface area (Å²) in [7, 11) is 0. The number of anilines is 1. The predicted molar refractivity (Wildman–Crippen MR) is 118 cm³/mol. The number of nitrogens with one attached hydrogen (secondary N) is 1. The van der Waals surface area contributed by atoms with Crippen molar-refractivity contribution in [1.29, 1.82) is 0 Å². The van der Waals surface area contributed by atoms with Crippen molar-refractivity contribution < 1.29 is 4.79 Å². The van der Waals surface area contributed by atoms with Gasteiger partial charge >= 0.3 is 0 Å². The van der Waals surface area contributed by atoms with Crippen LogP contribution in [-0.4, -0.2) is 15.7 Å². The third-order valence-electron chi connectivity index (χ3n) is 4.30. The molecule has 0 aliphatic heterocycles. The topological polar surface area (TPSA) is 46.9 Å². The van der Waals surface area contributed by atoms with Crippen LogP contribution in [0.15, 0.2) is 79.0 Å². The van der Waals surface area contributed by atoms with E-state index in [4.69, 9.17) is 34.8 Å². The van der Waals surface area contributed by atoms with Crippen molar-refractivity contribution in [2.24, 2.45) is 0 Å².